The van der Waals surface area contributed by atoms with Crippen LogP contribution in [-0.4, -0.2) is 24.7 Å². The van der Waals surface area contributed by atoms with Gasteiger partial charge in [-0.15, -0.1) is 0 Å². The van der Waals surface area contributed by atoms with Gasteiger partial charge in [0.05, 0.1) is 18.4 Å². The monoisotopic (exact) mass is 350 g/mol. The van der Waals surface area contributed by atoms with Crippen LogP contribution in [0.4, 0.5) is 0 Å². The highest BCUT2D eigenvalue weighted by atomic mass is 16.5. The fourth-order valence-corrected chi connectivity index (χ4v) is 2.88. The first-order chi connectivity index (χ1) is 12.7. The molecule has 5 nitrogen and oxygen atoms in total. The van der Waals surface area contributed by atoms with Crippen LogP contribution in [0, 0.1) is 6.92 Å². The van der Waals surface area contributed by atoms with Crippen molar-refractivity contribution in [2.45, 2.75) is 19.8 Å². The number of benzene rings is 2. The van der Waals surface area contributed by atoms with Crippen molar-refractivity contribution in [1.29, 1.82) is 0 Å². The number of methoxy groups -OCH3 is 1. The molecule has 0 unspecified atom stereocenters. The smallest absolute Gasteiger partial charge is 0.257 e. The van der Waals surface area contributed by atoms with Crippen molar-refractivity contribution in [3.05, 3.63) is 71.4 Å². The first kappa shape index (κ1) is 17.7. The third kappa shape index (κ3) is 3.94. The Labute approximate surface area is 153 Å². The quantitative estimate of drug-likeness (QED) is 0.654. The highest BCUT2D eigenvalue weighted by Crippen LogP contribution is 2.33. The molecular weight excluding hydrogens is 328 g/mol. The average molecular weight is 350 g/mol. The summed E-state index contributed by atoms with van der Waals surface area (Å²) in [5, 5.41) is 6.94. The van der Waals surface area contributed by atoms with Crippen molar-refractivity contribution in [1.82, 2.24) is 10.5 Å². The molecule has 0 radical (unpaired) electrons. The minimum atomic E-state index is -0.183. The van der Waals surface area contributed by atoms with Crippen LogP contribution < -0.4 is 10.1 Å². The zero-order chi connectivity index (χ0) is 18.4. The van der Waals surface area contributed by atoms with Crippen molar-refractivity contribution in [2.75, 3.05) is 13.7 Å². The summed E-state index contributed by atoms with van der Waals surface area (Å²) in [7, 11) is 1.59. The van der Waals surface area contributed by atoms with Gasteiger partial charge in [-0.05, 0) is 37.5 Å². The third-order valence-electron chi connectivity index (χ3n) is 4.21. The Balaban J connectivity index is 1.69. The predicted molar refractivity (Wildman–Crippen MR) is 100 cm³/mol. The fourth-order valence-electron chi connectivity index (χ4n) is 2.88. The number of amides is 1. The van der Waals surface area contributed by atoms with E-state index in [1.165, 1.54) is 5.56 Å². The van der Waals surface area contributed by atoms with E-state index < -0.39 is 0 Å². The van der Waals surface area contributed by atoms with E-state index in [0.717, 1.165) is 12.8 Å². The summed E-state index contributed by atoms with van der Waals surface area (Å²) in [6.45, 7) is 2.35. The van der Waals surface area contributed by atoms with E-state index in [1.54, 1.807) is 14.0 Å². The maximum Gasteiger partial charge on any atom is 0.257 e. The number of aryl methyl sites for hydroxylation is 2. The minimum Gasteiger partial charge on any atom is -0.496 e. The lowest BCUT2D eigenvalue weighted by atomic mass is 10.1. The Kier molecular flexibility index (Phi) is 5.69. The Bertz CT molecular complexity index is 872. The molecule has 0 aliphatic carbocycles. The molecule has 0 saturated heterocycles. The number of hydrogen-bond acceptors (Lipinski definition) is 4. The molecule has 5 heteroatoms. The number of ether oxygens (including phenoxy) is 1. The minimum absolute atomic E-state index is 0.183. The van der Waals surface area contributed by atoms with Crippen LogP contribution in [-0.2, 0) is 6.42 Å². The molecular formula is C21H22N2O3. The fraction of sp³-hybridized carbons (Fsp3) is 0.238. The predicted octanol–water partition coefficient (Wildman–Crippen LogP) is 4.02. The lowest BCUT2D eigenvalue weighted by Gasteiger charge is -2.08. The Morgan fingerprint density at radius 3 is 2.62 bits per heavy atom. The molecule has 0 bridgehead atoms. The highest BCUT2D eigenvalue weighted by molar-refractivity contribution is 6.01. The van der Waals surface area contributed by atoms with E-state index >= 15 is 0 Å². The third-order valence-corrected chi connectivity index (χ3v) is 4.21. The van der Waals surface area contributed by atoms with Crippen molar-refractivity contribution in [2.24, 2.45) is 0 Å². The molecule has 0 spiro atoms. The number of hydrogen-bond donors (Lipinski definition) is 1. The molecule has 3 rings (SSSR count). The number of nitrogens with one attached hydrogen (secondary N) is 1. The van der Waals surface area contributed by atoms with Crippen LogP contribution in [0.5, 0.6) is 5.75 Å². The highest BCUT2D eigenvalue weighted by Gasteiger charge is 2.23. The summed E-state index contributed by atoms with van der Waals surface area (Å²) in [6.07, 6.45) is 1.78. The number of carbonyl (C=O) groups excluding carboxylic acids is 1. The van der Waals surface area contributed by atoms with Crippen LogP contribution in [0.2, 0.25) is 0 Å². The van der Waals surface area contributed by atoms with Crippen LogP contribution in [0.3, 0.4) is 0 Å². The van der Waals surface area contributed by atoms with Crippen molar-refractivity contribution >= 4 is 5.91 Å². The standard InChI is InChI=1S/C21H22N2O3/c1-15-19(20(26-23-15)17-12-6-7-13-18(17)25-2)21(24)22-14-8-11-16-9-4-3-5-10-16/h3-7,9-10,12-13H,8,11,14H2,1-2H3,(H,22,24). The Hall–Kier alpha value is -3.08. The molecule has 1 N–H and O–H groups in total. The molecule has 0 fully saturated rings. The Morgan fingerprint density at radius 1 is 1.12 bits per heavy atom. The van der Waals surface area contributed by atoms with Crippen LogP contribution in [0.25, 0.3) is 11.3 Å². The molecule has 134 valence electrons. The summed E-state index contributed by atoms with van der Waals surface area (Å²) in [4.78, 5) is 12.7. The summed E-state index contributed by atoms with van der Waals surface area (Å²) >= 11 is 0. The van der Waals surface area contributed by atoms with E-state index in [-0.39, 0.29) is 5.91 Å². The number of para-hydroxylation sites is 1. The van der Waals surface area contributed by atoms with Crippen LogP contribution in [0.1, 0.15) is 28.0 Å². The van der Waals surface area contributed by atoms with E-state index in [9.17, 15) is 4.79 Å². The van der Waals surface area contributed by atoms with Crippen LogP contribution in [0.15, 0.2) is 59.1 Å². The van der Waals surface area contributed by atoms with E-state index in [0.29, 0.717) is 34.9 Å². The molecule has 3 aromatic rings. The van der Waals surface area contributed by atoms with Crippen molar-refractivity contribution in [3.63, 3.8) is 0 Å². The molecule has 1 heterocycles. The number of nitrogens with zero attached hydrogens (tertiary/aromatic N) is 1. The van der Waals surface area contributed by atoms with Gasteiger partial charge in [-0.1, -0.05) is 47.6 Å². The lowest BCUT2D eigenvalue weighted by Crippen LogP contribution is -2.25. The van der Waals surface area contributed by atoms with Gasteiger partial charge in [0.25, 0.3) is 5.91 Å². The number of rotatable bonds is 7. The van der Waals surface area contributed by atoms with E-state index in [4.69, 9.17) is 9.26 Å². The molecule has 26 heavy (non-hydrogen) atoms. The summed E-state index contributed by atoms with van der Waals surface area (Å²) < 4.78 is 10.8. The molecule has 2 aromatic carbocycles. The summed E-state index contributed by atoms with van der Waals surface area (Å²) in [5.41, 5.74) is 2.99. The second-order valence-corrected chi connectivity index (χ2v) is 6.02. The first-order valence-electron chi connectivity index (χ1n) is 8.62. The zero-order valence-corrected chi connectivity index (χ0v) is 15.0. The topological polar surface area (TPSA) is 64.4 Å². The SMILES string of the molecule is COc1ccccc1-c1onc(C)c1C(=O)NCCCc1ccccc1. The summed E-state index contributed by atoms with van der Waals surface area (Å²) in [5.74, 6) is 0.889. The second-order valence-electron chi connectivity index (χ2n) is 6.02. The second kappa shape index (κ2) is 8.34. The van der Waals surface area contributed by atoms with Gasteiger partial charge in [-0.2, -0.15) is 0 Å². The van der Waals surface area contributed by atoms with Gasteiger partial charge in [-0.3, -0.25) is 4.79 Å². The number of carbonyl (C=O) groups is 1. The molecule has 0 aliphatic rings. The summed E-state index contributed by atoms with van der Waals surface area (Å²) in [6, 6.07) is 17.6. The van der Waals surface area contributed by atoms with Crippen molar-refractivity contribution < 1.29 is 14.1 Å². The zero-order valence-electron chi connectivity index (χ0n) is 15.0. The maximum atomic E-state index is 12.7. The van der Waals surface area contributed by atoms with Gasteiger partial charge in [0.15, 0.2) is 5.76 Å². The van der Waals surface area contributed by atoms with E-state index in [2.05, 4.69) is 22.6 Å². The Morgan fingerprint density at radius 2 is 1.85 bits per heavy atom. The lowest BCUT2D eigenvalue weighted by molar-refractivity contribution is 0.0953. The maximum absolute atomic E-state index is 12.7. The molecule has 1 amide bonds. The van der Waals surface area contributed by atoms with E-state index in [1.807, 2.05) is 42.5 Å². The van der Waals surface area contributed by atoms with Gasteiger partial charge in [-0.25, -0.2) is 0 Å². The normalized spacial score (nSPS) is 10.5. The van der Waals surface area contributed by atoms with Gasteiger partial charge in [0, 0.05) is 6.54 Å². The van der Waals surface area contributed by atoms with Gasteiger partial charge >= 0.3 is 0 Å². The molecule has 1 aromatic heterocycles. The van der Waals surface area contributed by atoms with Gasteiger partial charge in [0.2, 0.25) is 0 Å². The van der Waals surface area contributed by atoms with Gasteiger partial charge in [0.1, 0.15) is 11.3 Å². The average Bonchev–Trinajstić information content (AvgIpc) is 3.07. The largest absolute Gasteiger partial charge is 0.496 e. The molecule has 0 atom stereocenters. The van der Waals surface area contributed by atoms with Crippen molar-refractivity contribution in [3.8, 4) is 17.1 Å². The van der Waals surface area contributed by atoms with Gasteiger partial charge < -0.3 is 14.6 Å². The van der Waals surface area contributed by atoms with Crippen LogP contribution >= 0.6 is 0 Å². The molecule has 0 saturated carbocycles. The molecule has 0 aliphatic heterocycles. The first-order valence-corrected chi connectivity index (χ1v) is 8.62. The number of aromatic nitrogens is 1.